The Hall–Kier alpha value is -1.75. The Morgan fingerprint density at radius 2 is 2.36 bits per heavy atom. The van der Waals surface area contributed by atoms with Crippen molar-refractivity contribution in [1.29, 1.82) is 0 Å². The molecule has 0 aliphatic heterocycles. The molecule has 0 saturated heterocycles. The summed E-state index contributed by atoms with van der Waals surface area (Å²) in [7, 11) is 0. The van der Waals surface area contributed by atoms with Crippen molar-refractivity contribution in [2.24, 2.45) is 0 Å². The fourth-order valence-corrected chi connectivity index (χ4v) is 1.00. The summed E-state index contributed by atoms with van der Waals surface area (Å²) in [6.45, 7) is 1.91. The van der Waals surface area contributed by atoms with Crippen molar-refractivity contribution in [3.63, 3.8) is 0 Å². The third-order valence-corrected chi connectivity index (χ3v) is 1.61. The summed E-state index contributed by atoms with van der Waals surface area (Å²) in [5.41, 5.74) is 1.96. The first-order valence-electron chi connectivity index (χ1n) is 4.07. The van der Waals surface area contributed by atoms with Crippen molar-refractivity contribution < 1.29 is 19.8 Å². The van der Waals surface area contributed by atoms with Crippen LogP contribution in [0.3, 0.4) is 0 Å². The summed E-state index contributed by atoms with van der Waals surface area (Å²) in [6.07, 6.45) is 0. The Bertz CT molecular complexity index is 338. The first-order valence-corrected chi connectivity index (χ1v) is 4.07. The van der Waals surface area contributed by atoms with Crippen LogP contribution in [0.5, 0.6) is 5.75 Å². The van der Waals surface area contributed by atoms with Gasteiger partial charge in [0.2, 0.25) is 0 Å². The highest BCUT2D eigenvalue weighted by atomic mass is 16.5. The van der Waals surface area contributed by atoms with E-state index >= 15 is 0 Å². The highest BCUT2D eigenvalue weighted by Crippen LogP contribution is 2.20. The zero-order chi connectivity index (χ0) is 10.6. The van der Waals surface area contributed by atoms with Crippen LogP contribution in [-0.4, -0.2) is 17.8 Å². The van der Waals surface area contributed by atoms with Gasteiger partial charge >= 0.3 is 5.97 Å². The summed E-state index contributed by atoms with van der Waals surface area (Å²) < 4.78 is 4.72. The molecule has 0 saturated carbocycles. The topological polar surface area (TPSA) is 81.6 Å². The molecule has 0 aromatic heterocycles. The Labute approximate surface area is 80.9 Å². The van der Waals surface area contributed by atoms with E-state index in [0.29, 0.717) is 0 Å². The van der Waals surface area contributed by atoms with Crippen molar-refractivity contribution in [3.8, 4) is 5.75 Å². The average molecular weight is 196 g/mol. The molecule has 0 heterocycles. The lowest BCUT2D eigenvalue weighted by Crippen LogP contribution is -2.08. The first kappa shape index (κ1) is 10.3. The van der Waals surface area contributed by atoms with Crippen LogP contribution >= 0.6 is 0 Å². The molecule has 76 valence electrons. The van der Waals surface area contributed by atoms with Crippen LogP contribution in [0.2, 0.25) is 0 Å². The highest BCUT2D eigenvalue weighted by Gasteiger charge is 2.10. The molecular formula is C9H10NO4-. The summed E-state index contributed by atoms with van der Waals surface area (Å²) in [4.78, 5) is 11.3. The SMILES string of the molecule is CCOC(=O)c1ccc([O-])cc1NO. The number of rotatable bonds is 3. The summed E-state index contributed by atoms with van der Waals surface area (Å²) in [5.74, 6) is -0.876. The van der Waals surface area contributed by atoms with Crippen molar-refractivity contribution in [1.82, 2.24) is 0 Å². The van der Waals surface area contributed by atoms with Gasteiger partial charge in [-0.1, -0.05) is 6.07 Å². The van der Waals surface area contributed by atoms with E-state index in [1.807, 2.05) is 0 Å². The number of esters is 1. The Balaban J connectivity index is 3.01. The number of benzene rings is 1. The number of carbonyl (C=O) groups is 1. The largest absolute Gasteiger partial charge is 0.872 e. The molecule has 0 unspecified atom stereocenters. The van der Waals surface area contributed by atoms with E-state index in [4.69, 9.17) is 9.94 Å². The van der Waals surface area contributed by atoms with E-state index in [9.17, 15) is 9.90 Å². The number of ether oxygens (including phenoxy) is 1. The van der Waals surface area contributed by atoms with E-state index in [-0.39, 0.29) is 23.6 Å². The number of hydrogen-bond donors (Lipinski definition) is 2. The smallest absolute Gasteiger partial charge is 0.340 e. The normalized spacial score (nSPS) is 9.57. The van der Waals surface area contributed by atoms with E-state index in [0.717, 1.165) is 6.07 Å². The standard InChI is InChI=1S/C9H11NO4/c1-2-14-9(12)7-4-3-6(11)5-8(7)10-13/h3-5,10-11,13H,2H2,1H3/p-1. The maximum Gasteiger partial charge on any atom is 0.340 e. The number of nitrogens with one attached hydrogen (secondary N) is 1. The molecule has 1 aromatic carbocycles. The van der Waals surface area contributed by atoms with Crippen molar-refractivity contribution in [2.75, 3.05) is 12.1 Å². The molecule has 0 spiro atoms. The van der Waals surface area contributed by atoms with Gasteiger partial charge < -0.3 is 9.84 Å². The molecule has 0 aliphatic rings. The van der Waals surface area contributed by atoms with Gasteiger partial charge in [0.1, 0.15) is 0 Å². The third-order valence-electron chi connectivity index (χ3n) is 1.61. The molecule has 1 aromatic rings. The lowest BCUT2D eigenvalue weighted by molar-refractivity contribution is -0.268. The van der Waals surface area contributed by atoms with Crippen LogP contribution in [0, 0.1) is 0 Å². The van der Waals surface area contributed by atoms with Crippen molar-refractivity contribution in [3.05, 3.63) is 23.8 Å². The minimum Gasteiger partial charge on any atom is -0.872 e. The molecule has 0 amide bonds. The van der Waals surface area contributed by atoms with E-state index < -0.39 is 5.97 Å². The fourth-order valence-electron chi connectivity index (χ4n) is 1.00. The van der Waals surface area contributed by atoms with Crippen LogP contribution in [0.25, 0.3) is 0 Å². The van der Waals surface area contributed by atoms with Gasteiger partial charge in [-0.15, -0.1) is 5.75 Å². The number of hydrogen-bond acceptors (Lipinski definition) is 5. The highest BCUT2D eigenvalue weighted by molar-refractivity contribution is 5.95. The predicted molar refractivity (Wildman–Crippen MR) is 47.3 cm³/mol. The number of anilines is 1. The summed E-state index contributed by atoms with van der Waals surface area (Å²) in [6, 6.07) is 3.65. The second kappa shape index (κ2) is 4.48. The predicted octanol–water partition coefficient (Wildman–Crippen LogP) is 0.738. The maximum absolute atomic E-state index is 11.3. The van der Waals surface area contributed by atoms with Gasteiger partial charge in [0.15, 0.2) is 0 Å². The van der Waals surface area contributed by atoms with E-state index in [1.54, 1.807) is 12.4 Å². The van der Waals surface area contributed by atoms with Crippen LogP contribution in [-0.2, 0) is 4.74 Å². The summed E-state index contributed by atoms with van der Waals surface area (Å²) in [5, 5.41) is 19.5. The van der Waals surface area contributed by atoms with Crippen LogP contribution in [0.1, 0.15) is 17.3 Å². The second-order valence-electron chi connectivity index (χ2n) is 2.54. The molecule has 1 rings (SSSR count). The van der Waals surface area contributed by atoms with Gasteiger partial charge in [-0.25, -0.2) is 4.79 Å². The molecule has 2 N–H and O–H groups in total. The minimum atomic E-state index is -0.580. The van der Waals surface area contributed by atoms with Gasteiger partial charge in [0.25, 0.3) is 0 Å². The fraction of sp³-hybridized carbons (Fsp3) is 0.222. The molecule has 0 atom stereocenters. The lowest BCUT2D eigenvalue weighted by Gasteiger charge is -2.11. The lowest BCUT2D eigenvalue weighted by atomic mass is 10.2. The average Bonchev–Trinajstić information content (AvgIpc) is 2.17. The van der Waals surface area contributed by atoms with Crippen molar-refractivity contribution in [2.45, 2.75) is 6.92 Å². The Morgan fingerprint density at radius 3 is 2.93 bits per heavy atom. The monoisotopic (exact) mass is 196 g/mol. The number of carbonyl (C=O) groups excluding carboxylic acids is 1. The first-order chi connectivity index (χ1) is 6.69. The molecule has 0 fully saturated rings. The van der Waals surface area contributed by atoms with Crippen LogP contribution in [0.15, 0.2) is 18.2 Å². The van der Waals surface area contributed by atoms with Crippen LogP contribution in [0.4, 0.5) is 5.69 Å². The van der Waals surface area contributed by atoms with E-state index in [1.165, 1.54) is 12.1 Å². The molecule has 0 bridgehead atoms. The molecule has 5 nitrogen and oxygen atoms in total. The Morgan fingerprint density at radius 1 is 1.64 bits per heavy atom. The second-order valence-corrected chi connectivity index (χ2v) is 2.54. The zero-order valence-electron chi connectivity index (χ0n) is 7.61. The molecule has 0 aliphatic carbocycles. The van der Waals surface area contributed by atoms with Gasteiger partial charge in [0, 0.05) is 0 Å². The summed E-state index contributed by atoms with van der Waals surface area (Å²) >= 11 is 0. The third kappa shape index (κ3) is 2.14. The van der Waals surface area contributed by atoms with Crippen molar-refractivity contribution >= 4 is 11.7 Å². The van der Waals surface area contributed by atoms with Gasteiger partial charge in [-0.2, -0.15) is 0 Å². The molecule has 0 radical (unpaired) electrons. The molecule has 5 heteroatoms. The molecule has 14 heavy (non-hydrogen) atoms. The van der Waals surface area contributed by atoms with Gasteiger partial charge in [-0.3, -0.25) is 10.7 Å². The van der Waals surface area contributed by atoms with Gasteiger partial charge in [0.05, 0.1) is 17.9 Å². The Kier molecular flexibility index (Phi) is 3.30. The quantitative estimate of drug-likeness (QED) is 0.550. The maximum atomic E-state index is 11.3. The minimum absolute atomic E-state index is 0.0518. The zero-order valence-corrected chi connectivity index (χ0v) is 7.61. The van der Waals surface area contributed by atoms with Gasteiger partial charge in [-0.05, 0) is 19.1 Å². The molecular weight excluding hydrogens is 186 g/mol. The van der Waals surface area contributed by atoms with E-state index in [2.05, 4.69) is 0 Å². The van der Waals surface area contributed by atoms with Crippen LogP contribution < -0.4 is 10.6 Å².